The summed E-state index contributed by atoms with van der Waals surface area (Å²) >= 11 is 0. The third-order valence-electron chi connectivity index (χ3n) is 3.57. The van der Waals surface area contributed by atoms with Gasteiger partial charge in [0, 0.05) is 24.5 Å². The Kier molecular flexibility index (Phi) is 4.17. The predicted molar refractivity (Wildman–Crippen MR) is 79.7 cm³/mol. The number of aromatic nitrogens is 1. The van der Waals surface area contributed by atoms with Gasteiger partial charge in [0.1, 0.15) is 0 Å². The Morgan fingerprint density at radius 2 is 2.05 bits per heavy atom. The van der Waals surface area contributed by atoms with Crippen molar-refractivity contribution in [2.24, 2.45) is 0 Å². The second-order valence-electron chi connectivity index (χ2n) is 5.03. The van der Waals surface area contributed by atoms with Gasteiger partial charge in [-0.2, -0.15) is 0 Å². The lowest BCUT2D eigenvalue weighted by atomic mass is 10.1. The number of nitrogen functional groups attached to an aromatic ring is 1. The van der Waals surface area contributed by atoms with Gasteiger partial charge >= 0.3 is 0 Å². The van der Waals surface area contributed by atoms with Crippen LogP contribution in [-0.2, 0) is 6.54 Å². The summed E-state index contributed by atoms with van der Waals surface area (Å²) in [6.45, 7) is 5.12. The Hall–Kier alpha value is -1.87. The molecule has 0 saturated heterocycles. The van der Waals surface area contributed by atoms with E-state index in [1.165, 1.54) is 11.1 Å². The molecule has 0 spiro atoms. The first-order valence-electron chi connectivity index (χ1n) is 6.54. The molecule has 1 heterocycles. The van der Waals surface area contributed by atoms with Gasteiger partial charge in [-0.15, -0.1) is 0 Å². The molecule has 0 bridgehead atoms. The van der Waals surface area contributed by atoms with Crippen molar-refractivity contribution in [1.82, 2.24) is 9.88 Å². The molecule has 2 aromatic rings. The van der Waals surface area contributed by atoms with Gasteiger partial charge in [0.15, 0.2) is 0 Å². The molecule has 0 aliphatic rings. The molecule has 0 saturated carbocycles. The molecule has 3 nitrogen and oxygen atoms in total. The summed E-state index contributed by atoms with van der Waals surface area (Å²) in [5, 5.41) is 0. The molecule has 0 aliphatic carbocycles. The zero-order valence-corrected chi connectivity index (χ0v) is 11.8. The van der Waals surface area contributed by atoms with Crippen molar-refractivity contribution >= 4 is 5.69 Å². The Morgan fingerprint density at radius 1 is 1.26 bits per heavy atom. The molecule has 0 radical (unpaired) electrons. The molecule has 1 aromatic heterocycles. The molecule has 3 heteroatoms. The second-order valence-corrected chi connectivity index (χ2v) is 5.03. The topological polar surface area (TPSA) is 42.2 Å². The Bertz CT molecular complexity index is 551. The summed E-state index contributed by atoms with van der Waals surface area (Å²) in [7, 11) is 2.11. The molecule has 1 atom stereocenters. The number of hydrogen-bond acceptors (Lipinski definition) is 3. The van der Waals surface area contributed by atoms with E-state index in [0.29, 0.717) is 6.04 Å². The fraction of sp³-hybridized carbons (Fsp3) is 0.312. The third-order valence-corrected chi connectivity index (χ3v) is 3.57. The fourth-order valence-electron chi connectivity index (χ4n) is 2.13. The van der Waals surface area contributed by atoms with Gasteiger partial charge in [0.25, 0.3) is 0 Å². The van der Waals surface area contributed by atoms with Gasteiger partial charge < -0.3 is 5.73 Å². The quantitative estimate of drug-likeness (QED) is 0.853. The largest absolute Gasteiger partial charge is 0.399 e. The van der Waals surface area contributed by atoms with Crippen LogP contribution in [0.25, 0.3) is 0 Å². The van der Waals surface area contributed by atoms with E-state index in [0.717, 1.165) is 17.9 Å². The minimum Gasteiger partial charge on any atom is -0.399 e. The van der Waals surface area contributed by atoms with E-state index < -0.39 is 0 Å². The highest BCUT2D eigenvalue weighted by Gasteiger charge is 2.13. The number of benzene rings is 1. The molecule has 1 unspecified atom stereocenters. The lowest BCUT2D eigenvalue weighted by molar-refractivity contribution is 0.249. The number of nitrogens with zero attached hydrogens (tertiary/aromatic N) is 2. The van der Waals surface area contributed by atoms with E-state index in [2.05, 4.69) is 42.9 Å². The first-order chi connectivity index (χ1) is 9.08. The maximum atomic E-state index is 5.84. The van der Waals surface area contributed by atoms with Crippen molar-refractivity contribution in [2.45, 2.75) is 26.4 Å². The van der Waals surface area contributed by atoms with Crippen molar-refractivity contribution in [3.05, 3.63) is 59.4 Å². The van der Waals surface area contributed by atoms with Crippen LogP contribution >= 0.6 is 0 Å². The fourth-order valence-corrected chi connectivity index (χ4v) is 2.13. The Labute approximate surface area is 115 Å². The third kappa shape index (κ3) is 3.32. The minimum atomic E-state index is 0.310. The molecule has 100 valence electrons. The van der Waals surface area contributed by atoms with Crippen LogP contribution in [0.1, 0.15) is 29.8 Å². The molecule has 19 heavy (non-hydrogen) atoms. The molecule has 0 aliphatic heterocycles. The molecular weight excluding hydrogens is 234 g/mol. The molecule has 1 aromatic carbocycles. The number of aryl methyl sites for hydroxylation is 1. The molecule has 2 N–H and O–H groups in total. The van der Waals surface area contributed by atoms with E-state index >= 15 is 0 Å². The lowest BCUT2D eigenvalue weighted by Crippen LogP contribution is -2.23. The highest BCUT2D eigenvalue weighted by atomic mass is 15.1. The zero-order chi connectivity index (χ0) is 13.8. The lowest BCUT2D eigenvalue weighted by Gasteiger charge is -2.25. The maximum Gasteiger partial charge on any atom is 0.0573 e. The molecule has 2 rings (SSSR count). The van der Waals surface area contributed by atoms with E-state index in [4.69, 9.17) is 5.73 Å². The van der Waals surface area contributed by atoms with Crippen molar-refractivity contribution < 1.29 is 0 Å². The van der Waals surface area contributed by atoms with Crippen LogP contribution in [0, 0.1) is 6.92 Å². The van der Waals surface area contributed by atoms with Crippen molar-refractivity contribution in [3.63, 3.8) is 0 Å². The van der Waals surface area contributed by atoms with Crippen LogP contribution in [-0.4, -0.2) is 16.9 Å². The number of anilines is 1. The van der Waals surface area contributed by atoms with Crippen molar-refractivity contribution in [3.8, 4) is 0 Å². The number of hydrogen-bond donors (Lipinski definition) is 1. The standard InChI is InChI=1S/C16H21N3/c1-12-6-5-9-18-16(12)11-19(3)13(2)14-7-4-8-15(17)10-14/h4-10,13H,11,17H2,1-3H3. The maximum absolute atomic E-state index is 5.84. The summed E-state index contributed by atoms with van der Waals surface area (Å²) in [6, 6.07) is 12.4. The number of nitrogens with two attached hydrogens (primary N) is 1. The monoisotopic (exact) mass is 255 g/mol. The van der Waals surface area contributed by atoms with Crippen LogP contribution < -0.4 is 5.73 Å². The molecular formula is C16H21N3. The number of rotatable bonds is 4. The summed E-state index contributed by atoms with van der Waals surface area (Å²) in [5.74, 6) is 0. The SMILES string of the molecule is Cc1cccnc1CN(C)C(C)c1cccc(N)c1. The summed E-state index contributed by atoms with van der Waals surface area (Å²) in [5.41, 5.74) is 10.2. The van der Waals surface area contributed by atoms with E-state index in [1.807, 2.05) is 30.5 Å². The summed E-state index contributed by atoms with van der Waals surface area (Å²) < 4.78 is 0. The van der Waals surface area contributed by atoms with E-state index in [9.17, 15) is 0 Å². The van der Waals surface area contributed by atoms with Crippen LogP contribution in [0.2, 0.25) is 0 Å². The first kappa shape index (κ1) is 13.6. The normalized spacial score (nSPS) is 12.6. The molecule has 0 amide bonds. The molecule has 0 fully saturated rings. The average molecular weight is 255 g/mol. The van der Waals surface area contributed by atoms with Crippen LogP contribution in [0.5, 0.6) is 0 Å². The van der Waals surface area contributed by atoms with Gasteiger partial charge in [0.05, 0.1) is 5.69 Å². The summed E-state index contributed by atoms with van der Waals surface area (Å²) in [4.78, 5) is 6.73. The van der Waals surface area contributed by atoms with Crippen LogP contribution in [0.15, 0.2) is 42.6 Å². The Balaban J connectivity index is 2.12. The van der Waals surface area contributed by atoms with Crippen LogP contribution in [0.3, 0.4) is 0 Å². The average Bonchev–Trinajstić information content (AvgIpc) is 2.40. The highest BCUT2D eigenvalue weighted by molar-refractivity contribution is 5.41. The van der Waals surface area contributed by atoms with Gasteiger partial charge in [0.2, 0.25) is 0 Å². The zero-order valence-electron chi connectivity index (χ0n) is 11.8. The van der Waals surface area contributed by atoms with Gasteiger partial charge in [-0.1, -0.05) is 18.2 Å². The minimum absolute atomic E-state index is 0.310. The van der Waals surface area contributed by atoms with Crippen molar-refractivity contribution in [1.29, 1.82) is 0 Å². The predicted octanol–water partition coefficient (Wildman–Crippen LogP) is 3.17. The van der Waals surface area contributed by atoms with E-state index in [1.54, 1.807) is 0 Å². The van der Waals surface area contributed by atoms with Crippen LogP contribution in [0.4, 0.5) is 5.69 Å². The first-order valence-corrected chi connectivity index (χ1v) is 6.54. The highest BCUT2D eigenvalue weighted by Crippen LogP contribution is 2.22. The second kappa shape index (κ2) is 5.85. The smallest absolute Gasteiger partial charge is 0.0573 e. The Morgan fingerprint density at radius 3 is 2.74 bits per heavy atom. The van der Waals surface area contributed by atoms with Gasteiger partial charge in [-0.05, 0) is 50.2 Å². The van der Waals surface area contributed by atoms with E-state index in [-0.39, 0.29) is 0 Å². The van der Waals surface area contributed by atoms with Gasteiger partial charge in [-0.3, -0.25) is 9.88 Å². The van der Waals surface area contributed by atoms with Crippen molar-refractivity contribution in [2.75, 3.05) is 12.8 Å². The number of pyridine rings is 1. The van der Waals surface area contributed by atoms with Gasteiger partial charge in [-0.25, -0.2) is 0 Å². The summed E-state index contributed by atoms with van der Waals surface area (Å²) in [6.07, 6.45) is 1.85.